The Morgan fingerprint density at radius 3 is 2.94 bits per heavy atom. The first-order valence-corrected chi connectivity index (χ1v) is 5.62. The Balaban J connectivity index is 0.00000128. The zero-order chi connectivity index (χ0) is 10.7. The number of piperidine rings is 1. The third-order valence-corrected chi connectivity index (χ3v) is 2.96. The van der Waals surface area contributed by atoms with Gasteiger partial charge < -0.3 is 21.9 Å². The fourth-order valence-electron chi connectivity index (χ4n) is 2.25. The molecule has 1 atom stereocenters. The fourth-order valence-corrected chi connectivity index (χ4v) is 2.25. The summed E-state index contributed by atoms with van der Waals surface area (Å²) in [7, 11) is 0. The average Bonchev–Trinajstić information content (AvgIpc) is 2.17. The van der Waals surface area contributed by atoms with Gasteiger partial charge in [-0.05, 0) is 25.3 Å². The first-order valence-electron chi connectivity index (χ1n) is 5.62. The van der Waals surface area contributed by atoms with E-state index in [1.165, 1.54) is 18.9 Å². The molecule has 90 valence electrons. The van der Waals surface area contributed by atoms with E-state index in [0.717, 1.165) is 31.1 Å². The van der Waals surface area contributed by atoms with Crippen LogP contribution in [0.3, 0.4) is 0 Å². The van der Waals surface area contributed by atoms with Crippen LogP contribution < -0.4 is 17.0 Å². The van der Waals surface area contributed by atoms with Crippen molar-refractivity contribution in [2.75, 3.05) is 13.1 Å². The van der Waals surface area contributed by atoms with Crippen molar-refractivity contribution in [2.45, 2.75) is 26.3 Å². The molecule has 0 aromatic heterocycles. The Morgan fingerprint density at radius 1 is 1.53 bits per heavy atom. The minimum absolute atomic E-state index is 0. The molecule has 0 saturated carbocycles. The summed E-state index contributed by atoms with van der Waals surface area (Å²) in [4.78, 5) is 2.39. The summed E-state index contributed by atoms with van der Waals surface area (Å²) in [6.07, 6.45) is 2.58. The molecule has 1 aliphatic heterocycles. The summed E-state index contributed by atoms with van der Waals surface area (Å²) in [5, 5.41) is 0. The molecule has 1 aromatic carbocycles. The van der Waals surface area contributed by atoms with Crippen molar-refractivity contribution in [3.63, 3.8) is 0 Å². The van der Waals surface area contributed by atoms with Crippen molar-refractivity contribution in [3.05, 3.63) is 35.6 Å². The van der Waals surface area contributed by atoms with Gasteiger partial charge >= 0.3 is 23.1 Å². The number of likely N-dealkylation sites (tertiary alicyclic amines) is 1. The summed E-state index contributed by atoms with van der Waals surface area (Å²) in [5.74, 6) is 0.612. The Morgan fingerprint density at radius 2 is 2.29 bits per heavy atom. The third kappa shape index (κ3) is 5.68. The van der Waals surface area contributed by atoms with E-state index in [9.17, 15) is 4.39 Å². The molecule has 4 heteroatoms. The van der Waals surface area contributed by atoms with E-state index < -0.39 is 0 Å². The Labute approximate surface area is 130 Å². The van der Waals surface area contributed by atoms with Gasteiger partial charge in [-0.2, -0.15) is 12.1 Å². The van der Waals surface area contributed by atoms with E-state index in [0.29, 0.717) is 0 Å². The van der Waals surface area contributed by atoms with Gasteiger partial charge in [-0.1, -0.05) is 6.92 Å². The van der Waals surface area contributed by atoms with Crippen molar-refractivity contribution in [2.24, 2.45) is 5.92 Å². The van der Waals surface area contributed by atoms with Crippen LogP contribution in [0.25, 0.3) is 0 Å². The predicted octanol–water partition coefficient (Wildman–Crippen LogP) is -0.519. The Hall–Kier alpha value is 0.356. The molecule has 1 heterocycles. The van der Waals surface area contributed by atoms with Crippen LogP contribution in [-0.2, 0) is 6.54 Å². The van der Waals surface area contributed by atoms with Gasteiger partial charge in [0.25, 0.3) is 0 Å². The summed E-state index contributed by atoms with van der Waals surface area (Å²) in [6.45, 7) is 5.38. The van der Waals surface area contributed by atoms with Crippen LogP contribution in [0.1, 0.15) is 25.3 Å². The maximum atomic E-state index is 13.0. The first kappa shape index (κ1) is 17.4. The molecule has 0 aliphatic carbocycles. The normalized spacial score (nSPS) is 20.2. The summed E-state index contributed by atoms with van der Waals surface area (Å²) in [5.41, 5.74) is 0.962. The van der Waals surface area contributed by atoms with Crippen LogP contribution in [0.2, 0.25) is 0 Å². The number of benzene rings is 1. The number of hydrogen-bond acceptors (Lipinski definition) is 1. The molecular weight excluding hydrogens is 293 g/mol. The number of rotatable bonds is 2. The third-order valence-electron chi connectivity index (χ3n) is 2.96. The van der Waals surface area contributed by atoms with Gasteiger partial charge in [0.15, 0.2) is 0 Å². The number of halogens is 2. The number of hydrogen-bond donors (Lipinski definition) is 0. The topological polar surface area (TPSA) is 3.24 Å². The average molecular weight is 310 g/mol. The molecule has 1 saturated heterocycles. The minimum atomic E-state index is -0.159. The van der Waals surface area contributed by atoms with Crippen LogP contribution in [0.5, 0.6) is 0 Å². The van der Waals surface area contributed by atoms with Gasteiger partial charge in [0.2, 0.25) is 0 Å². The maximum absolute atomic E-state index is 13.0. The molecule has 2 rings (SSSR count). The molecular formula is C13H17BrFMgN. The maximum Gasteiger partial charge on any atom is 2.00 e. The molecule has 0 bridgehead atoms. The van der Waals surface area contributed by atoms with Crippen molar-refractivity contribution in [1.82, 2.24) is 4.90 Å². The smallest absolute Gasteiger partial charge is 1.00 e. The van der Waals surface area contributed by atoms with Gasteiger partial charge in [0, 0.05) is 18.9 Å². The van der Waals surface area contributed by atoms with E-state index in [1.807, 2.05) is 0 Å². The SMILES string of the molecule is CC1CCCN(Cc2[c-]ccc(F)c2)C1.[Br-].[Mg+2]. The molecule has 0 spiro atoms. The Bertz CT molecular complexity index is 335. The predicted molar refractivity (Wildman–Crippen MR) is 64.7 cm³/mol. The fraction of sp³-hybridized carbons (Fsp3) is 0.538. The quantitative estimate of drug-likeness (QED) is 0.525. The molecule has 0 amide bonds. The largest absolute Gasteiger partial charge is 2.00 e. The van der Waals surface area contributed by atoms with Crippen LogP contribution in [-0.4, -0.2) is 41.0 Å². The molecule has 1 fully saturated rings. The standard InChI is InChI=1S/C13H17FN.BrH.Mg/c1-11-4-3-7-15(9-11)10-12-5-2-6-13(14)8-12;;/h2,6,8,11H,3-4,7,9-10H2,1H3;1H;/q-1;;+2/p-1. The molecule has 0 N–H and O–H groups in total. The minimum Gasteiger partial charge on any atom is -1.00 e. The van der Waals surface area contributed by atoms with Crippen LogP contribution in [0, 0.1) is 17.8 Å². The van der Waals surface area contributed by atoms with Gasteiger partial charge in [-0.3, -0.25) is 0 Å². The number of nitrogens with zero attached hydrogens (tertiary/aromatic N) is 1. The second kappa shape index (κ2) is 8.46. The second-order valence-electron chi connectivity index (χ2n) is 4.51. The zero-order valence-electron chi connectivity index (χ0n) is 10.3. The van der Waals surface area contributed by atoms with Crippen molar-refractivity contribution in [1.29, 1.82) is 0 Å². The van der Waals surface area contributed by atoms with Crippen molar-refractivity contribution in [3.8, 4) is 0 Å². The van der Waals surface area contributed by atoms with Crippen LogP contribution >= 0.6 is 0 Å². The van der Waals surface area contributed by atoms with Gasteiger partial charge in [-0.15, -0.1) is 17.7 Å². The van der Waals surface area contributed by atoms with E-state index in [-0.39, 0.29) is 45.9 Å². The summed E-state index contributed by atoms with van der Waals surface area (Å²) in [6, 6.07) is 7.78. The first-order chi connectivity index (χ1) is 7.24. The van der Waals surface area contributed by atoms with Gasteiger partial charge in [-0.25, -0.2) is 4.39 Å². The molecule has 1 nitrogen and oxygen atoms in total. The van der Waals surface area contributed by atoms with E-state index in [4.69, 9.17) is 0 Å². The molecule has 0 radical (unpaired) electrons. The molecule has 1 unspecified atom stereocenters. The van der Waals surface area contributed by atoms with E-state index >= 15 is 0 Å². The Kier molecular flexibility index (Phi) is 8.63. The van der Waals surface area contributed by atoms with E-state index in [1.54, 1.807) is 12.1 Å². The zero-order valence-corrected chi connectivity index (χ0v) is 13.3. The molecule has 1 aliphatic rings. The molecule has 17 heavy (non-hydrogen) atoms. The van der Waals surface area contributed by atoms with Crippen molar-refractivity contribution >= 4 is 23.1 Å². The molecule has 1 aromatic rings. The second-order valence-corrected chi connectivity index (χ2v) is 4.51. The van der Waals surface area contributed by atoms with Crippen molar-refractivity contribution < 1.29 is 21.4 Å². The van der Waals surface area contributed by atoms with Gasteiger partial charge in [0.05, 0.1) is 0 Å². The van der Waals surface area contributed by atoms with Gasteiger partial charge in [0.1, 0.15) is 0 Å². The monoisotopic (exact) mass is 309 g/mol. The van der Waals surface area contributed by atoms with Crippen LogP contribution in [0.15, 0.2) is 18.2 Å². The van der Waals surface area contributed by atoms with Crippen LogP contribution in [0.4, 0.5) is 4.39 Å². The summed E-state index contributed by atoms with van der Waals surface area (Å²) >= 11 is 0. The summed E-state index contributed by atoms with van der Waals surface area (Å²) < 4.78 is 13.0. The van der Waals surface area contributed by atoms with E-state index in [2.05, 4.69) is 17.9 Å².